The van der Waals surface area contributed by atoms with Gasteiger partial charge >= 0.3 is 0 Å². The molecule has 0 radical (unpaired) electrons. The van der Waals surface area contributed by atoms with Crippen LogP contribution < -0.4 is 5.73 Å². The number of nitrogens with zero attached hydrogens (tertiary/aromatic N) is 1. The normalized spacial score (nSPS) is 37.8. The summed E-state index contributed by atoms with van der Waals surface area (Å²) in [4.78, 5) is 2.68. The van der Waals surface area contributed by atoms with E-state index in [1.54, 1.807) is 0 Å². The molecule has 0 unspecified atom stereocenters. The van der Waals surface area contributed by atoms with Crippen molar-refractivity contribution in [2.75, 3.05) is 19.6 Å². The quantitative estimate of drug-likeness (QED) is 0.671. The van der Waals surface area contributed by atoms with Crippen molar-refractivity contribution in [2.24, 2.45) is 11.7 Å². The van der Waals surface area contributed by atoms with Crippen LogP contribution >= 0.6 is 0 Å². The summed E-state index contributed by atoms with van der Waals surface area (Å²) in [5.41, 5.74) is 5.61. The lowest BCUT2D eigenvalue weighted by Gasteiger charge is -2.44. The standard InChI is InChI=1S/C10H20N2/c11-8-9-6-10(7-9)12-4-2-1-3-5-12/h9-10H,1-8,11H2. The zero-order valence-corrected chi connectivity index (χ0v) is 7.84. The fraction of sp³-hybridized carbons (Fsp3) is 1.00. The van der Waals surface area contributed by atoms with Crippen molar-refractivity contribution in [1.82, 2.24) is 4.90 Å². The molecule has 2 nitrogen and oxygen atoms in total. The summed E-state index contributed by atoms with van der Waals surface area (Å²) < 4.78 is 0. The molecule has 0 bridgehead atoms. The molecule has 1 heterocycles. The number of nitrogens with two attached hydrogens (primary N) is 1. The molecule has 0 atom stereocenters. The molecular formula is C10H20N2. The van der Waals surface area contributed by atoms with Crippen LogP contribution in [0, 0.1) is 5.92 Å². The Kier molecular flexibility index (Phi) is 2.66. The zero-order valence-electron chi connectivity index (χ0n) is 7.84. The van der Waals surface area contributed by atoms with E-state index in [-0.39, 0.29) is 0 Å². The van der Waals surface area contributed by atoms with E-state index < -0.39 is 0 Å². The van der Waals surface area contributed by atoms with Gasteiger partial charge in [0.15, 0.2) is 0 Å². The average molecular weight is 168 g/mol. The molecule has 1 saturated heterocycles. The summed E-state index contributed by atoms with van der Waals surface area (Å²) in [7, 11) is 0. The van der Waals surface area contributed by atoms with Crippen molar-refractivity contribution in [3.05, 3.63) is 0 Å². The Labute approximate surface area is 75.1 Å². The lowest BCUT2D eigenvalue weighted by molar-refractivity contribution is 0.0655. The predicted molar refractivity (Wildman–Crippen MR) is 51.0 cm³/mol. The highest BCUT2D eigenvalue weighted by atomic mass is 15.2. The van der Waals surface area contributed by atoms with Gasteiger partial charge in [-0.2, -0.15) is 0 Å². The summed E-state index contributed by atoms with van der Waals surface area (Å²) >= 11 is 0. The van der Waals surface area contributed by atoms with Crippen LogP contribution in [0.4, 0.5) is 0 Å². The molecule has 12 heavy (non-hydrogen) atoms. The first kappa shape index (κ1) is 8.52. The lowest BCUT2D eigenvalue weighted by Crippen LogP contribution is -2.48. The molecule has 2 heteroatoms. The third kappa shape index (κ3) is 1.64. The number of likely N-dealkylation sites (tertiary alicyclic amines) is 1. The molecule has 0 aromatic rings. The van der Waals surface area contributed by atoms with Gasteiger partial charge in [0.05, 0.1) is 0 Å². The maximum atomic E-state index is 5.61. The Morgan fingerprint density at radius 2 is 1.75 bits per heavy atom. The monoisotopic (exact) mass is 168 g/mol. The third-order valence-corrected chi connectivity index (χ3v) is 3.45. The fourth-order valence-corrected chi connectivity index (χ4v) is 2.47. The minimum atomic E-state index is 0.844. The van der Waals surface area contributed by atoms with E-state index >= 15 is 0 Å². The van der Waals surface area contributed by atoms with Crippen LogP contribution in [0.3, 0.4) is 0 Å². The molecule has 0 aromatic carbocycles. The summed E-state index contributed by atoms with van der Waals surface area (Å²) in [5, 5.41) is 0. The molecule has 0 spiro atoms. The number of piperidine rings is 1. The van der Waals surface area contributed by atoms with Crippen LogP contribution in [0.25, 0.3) is 0 Å². The Balaban J connectivity index is 1.72. The highest BCUT2D eigenvalue weighted by Gasteiger charge is 2.32. The van der Waals surface area contributed by atoms with Crippen molar-refractivity contribution < 1.29 is 0 Å². The Morgan fingerprint density at radius 3 is 2.33 bits per heavy atom. The van der Waals surface area contributed by atoms with E-state index in [9.17, 15) is 0 Å². The molecule has 1 aliphatic heterocycles. The Bertz CT molecular complexity index is 135. The SMILES string of the molecule is NCC1CC(N2CCCCC2)C1. The van der Waals surface area contributed by atoms with Gasteiger partial charge in [-0.15, -0.1) is 0 Å². The Morgan fingerprint density at radius 1 is 1.08 bits per heavy atom. The smallest absolute Gasteiger partial charge is 0.0101 e. The second kappa shape index (κ2) is 3.75. The molecule has 0 aromatic heterocycles. The highest BCUT2D eigenvalue weighted by Crippen LogP contribution is 2.32. The Hall–Kier alpha value is -0.0800. The van der Waals surface area contributed by atoms with Crippen molar-refractivity contribution in [1.29, 1.82) is 0 Å². The van der Waals surface area contributed by atoms with Crippen molar-refractivity contribution >= 4 is 0 Å². The first-order chi connectivity index (χ1) is 5.90. The van der Waals surface area contributed by atoms with Gasteiger partial charge in [0.2, 0.25) is 0 Å². The molecule has 0 amide bonds. The van der Waals surface area contributed by atoms with Gasteiger partial charge in [-0.25, -0.2) is 0 Å². The maximum Gasteiger partial charge on any atom is 0.0101 e. The van der Waals surface area contributed by atoms with Crippen molar-refractivity contribution in [3.8, 4) is 0 Å². The first-order valence-corrected chi connectivity index (χ1v) is 5.34. The van der Waals surface area contributed by atoms with Gasteiger partial charge < -0.3 is 10.6 Å². The van der Waals surface area contributed by atoms with E-state index in [1.165, 1.54) is 45.2 Å². The topological polar surface area (TPSA) is 29.3 Å². The minimum absolute atomic E-state index is 0.844. The fourth-order valence-electron chi connectivity index (χ4n) is 2.47. The molecule has 1 saturated carbocycles. The van der Waals surface area contributed by atoms with Crippen LogP contribution in [-0.4, -0.2) is 30.6 Å². The van der Waals surface area contributed by atoms with Crippen LogP contribution in [0.1, 0.15) is 32.1 Å². The third-order valence-electron chi connectivity index (χ3n) is 3.45. The maximum absolute atomic E-state index is 5.61. The summed E-state index contributed by atoms with van der Waals surface area (Å²) in [6.07, 6.45) is 7.03. The lowest BCUT2D eigenvalue weighted by atomic mass is 9.79. The number of rotatable bonds is 2. The van der Waals surface area contributed by atoms with Crippen molar-refractivity contribution in [3.63, 3.8) is 0 Å². The largest absolute Gasteiger partial charge is 0.330 e. The molecule has 2 N–H and O–H groups in total. The highest BCUT2D eigenvalue weighted by molar-refractivity contribution is 4.88. The summed E-state index contributed by atoms with van der Waals surface area (Å²) in [6.45, 7) is 3.61. The average Bonchev–Trinajstić information content (AvgIpc) is 2.04. The van der Waals surface area contributed by atoms with Gasteiger partial charge in [0.1, 0.15) is 0 Å². The van der Waals surface area contributed by atoms with Gasteiger partial charge in [0.25, 0.3) is 0 Å². The van der Waals surface area contributed by atoms with Crippen LogP contribution in [-0.2, 0) is 0 Å². The molecular weight excluding hydrogens is 148 g/mol. The van der Waals surface area contributed by atoms with E-state index in [4.69, 9.17) is 5.73 Å². The van der Waals surface area contributed by atoms with Crippen molar-refractivity contribution in [2.45, 2.75) is 38.1 Å². The van der Waals surface area contributed by atoms with E-state index in [0.717, 1.165) is 18.5 Å². The molecule has 1 aliphatic carbocycles. The van der Waals surface area contributed by atoms with Crippen LogP contribution in [0.2, 0.25) is 0 Å². The summed E-state index contributed by atoms with van der Waals surface area (Å²) in [5.74, 6) is 0.844. The van der Waals surface area contributed by atoms with E-state index in [2.05, 4.69) is 4.90 Å². The predicted octanol–water partition coefficient (Wildman–Crippen LogP) is 1.21. The molecule has 70 valence electrons. The molecule has 2 aliphatic rings. The van der Waals surface area contributed by atoms with Gasteiger partial charge in [0, 0.05) is 6.04 Å². The zero-order chi connectivity index (χ0) is 8.39. The second-order valence-corrected chi connectivity index (χ2v) is 4.32. The minimum Gasteiger partial charge on any atom is -0.330 e. The summed E-state index contributed by atoms with van der Waals surface area (Å²) in [6, 6.07) is 0.902. The first-order valence-electron chi connectivity index (χ1n) is 5.34. The van der Waals surface area contributed by atoms with Gasteiger partial charge in [-0.1, -0.05) is 6.42 Å². The van der Waals surface area contributed by atoms with Gasteiger partial charge in [-0.3, -0.25) is 0 Å². The second-order valence-electron chi connectivity index (χ2n) is 4.32. The van der Waals surface area contributed by atoms with Crippen LogP contribution in [0.5, 0.6) is 0 Å². The molecule has 2 rings (SSSR count). The van der Waals surface area contributed by atoms with E-state index in [0.29, 0.717) is 0 Å². The number of hydrogen-bond acceptors (Lipinski definition) is 2. The van der Waals surface area contributed by atoms with E-state index in [1.807, 2.05) is 0 Å². The van der Waals surface area contributed by atoms with Crippen LogP contribution in [0.15, 0.2) is 0 Å². The number of hydrogen-bond donors (Lipinski definition) is 1. The van der Waals surface area contributed by atoms with Gasteiger partial charge in [-0.05, 0) is 51.2 Å². The molecule has 2 fully saturated rings.